The van der Waals surface area contributed by atoms with E-state index in [0.29, 0.717) is 23.1 Å². The van der Waals surface area contributed by atoms with E-state index >= 15 is 0 Å². The molecule has 3 rings (SSSR count). The Kier molecular flexibility index (Phi) is 5.04. The molecule has 7 heteroatoms. The molecule has 0 atom stereocenters. The summed E-state index contributed by atoms with van der Waals surface area (Å²) in [7, 11) is 6.38. The van der Waals surface area contributed by atoms with Crippen LogP contribution in [0.25, 0.3) is 21.6 Å². The van der Waals surface area contributed by atoms with Crippen LogP contribution in [0.15, 0.2) is 36.7 Å². The number of nitrogens with zero attached hydrogens (tertiary/aromatic N) is 2. The van der Waals surface area contributed by atoms with Crippen LogP contribution in [0, 0.1) is 0 Å². The number of benzene rings is 1. The fourth-order valence-corrected chi connectivity index (χ4v) is 3.28. The first-order valence-corrected chi connectivity index (χ1v) is 8.24. The molecular formula is C18H18N2O4S. The van der Waals surface area contributed by atoms with Gasteiger partial charge >= 0.3 is 0 Å². The first-order chi connectivity index (χ1) is 12.2. The summed E-state index contributed by atoms with van der Waals surface area (Å²) in [4.78, 5) is 5.26. The Hall–Kier alpha value is -2.80. The normalized spacial score (nSPS) is 10.4. The SMILES string of the molecule is COc1ccc(-c2cnsc2-c2cc(OC)c(OC)c(OC)c2)cn1. The lowest BCUT2D eigenvalue weighted by molar-refractivity contribution is 0.324. The monoisotopic (exact) mass is 358 g/mol. The van der Waals surface area contributed by atoms with Crippen LogP contribution < -0.4 is 18.9 Å². The number of ether oxygens (including phenoxy) is 4. The maximum atomic E-state index is 5.44. The molecule has 0 aliphatic carbocycles. The highest BCUT2D eigenvalue weighted by atomic mass is 32.1. The highest BCUT2D eigenvalue weighted by Gasteiger charge is 2.18. The molecule has 0 bridgehead atoms. The van der Waals surface area contributed by atoms with Crippen LogP contribution >= 0.6 is 11.5 Å². The van der Waals surface area contributed by atoms with Gasteiger partial charge in [0.2, 0.25) is 11.6 Å². The molecule has 0 aliphatic heterocycles. The number of rotatable bonds is 6. The molecule has 0 saturated carbocycles. The number of aromatic nitrogens is 2. The maximum Gasteiger partial charge on any atom is 0.212 e. The molecule has 0 aliphatic rings. The minimum Gasteiger partial charge on any atom is -0.493 e. The molecule has 2 aromatic heterocycles. The van der Waals surface area contributed by atoms with Crippen molar-refractivity contribution in [1.29, 1.82) is 0 Å². The van der Waals surface area contributed by atoms with Gasteiger partial charge in [0.25, 0.3) is 0 Å². The molecule has 0 N–H and O–H groups in total. The Morgan fingerprint density at radius 2 is 1.52 bits per heavy atom. The van der Waals surface area contributed by atoms with Crippen LogP contribution in [0.5, 0.6) is 23.1 Å². The topological polar surface area (TPSA) is 62.7 Å². The molecule has 0 radical (unpaired) electrons. The summed E-state index contributed by atoms with van der Waals surface area (Å²) >= 11 is 1.40. The Morgan fingerprint density at radius 1 is 0.800 bits per heavy atom. The molecule has 3 aromatic rings. The number of hydrogen-bond donors (Lipinski definition) is 0. The molecule has 25 heavy (non-hydrogen) atoms. The van der Waals surface area contributed by atoms with Crippen LogP contribution in [0.4, 0.5) is 0 Å². The van der Waals surface area contributed by atoms with Crippen LogP contribution in [-0.4, -0.2) is 37.8 Å². The van der Waals surface area contributed by atoms with Crippen LogP contribution in [0.2, 0.25) is 0 Å². The van der Waals surface area contributed by atoms with E-state index in [2.05, 4.69) is 9.36 Å². The molecule has 0 saturated heterocycles. The fourth-order valence-electron chi connectivity index (χ4n) is 2.53. The zero-order valence-electron chi connectivity index (χ0n) is 14.4. The van der Waals surface area contributed by atoms with E-state index in [-0.39, 0.29) is 0 Å². The third kappa shape index (κ3) is 3.23. The van der Waals surface area contributed by atoms with Crippen LogP contribution in [0.3, 0.4) is 0 Å². The number of methoxy groups -OCH3 is 4. The average molecular weight is 358 g/mol. The molecule has 6 nitrogen and oxygen atoms in total. The largest absolute Gasteiger partial charge is 0.493 e. The summed E-state index contributed by atoms with van der Waals surface area (Å²) in [6.07, 6.45) is 3.59. The lowest BCUT2D eigenvalue weighted by Crippen LogP contribution is -1.95. The second-order valence-electron chi connectivity index (χ2n) is 5.07. The van der Waals surface area contributed by atoms with Crippen molar-refractivity contribution in [3.8, 4) is 44.7 Å². The minimum absolute atomic E-state index is 0.561. The van der Waals surface area contributed by atoms with Gasteiger partial charge < -0.3 is 18.9 Å². The molecule has 0 unspecified atom stereocenters. The van der Waals surface area contributed by atoms with E-state index in [1.54, 1.807) is 34.6 Å². The Morgan fingerprint density at radius 3 is 2.04 bits per heavy atom. The predicted molar refractivity (Wildman–Crippen MR) is 97.0 cm³/mol. The smallest absolute Gasteiger partial charge is 0.212 e. The highest BCUT2D eigenvalue weighted by Crippen LogP contribution is 2.44. The highest BCUT2D eigenvalue weighted by molar-refractivity contribution is 7.10. The van der Waals surface area contributed by atoms with Crippen molar-refractivity contribution in [3.63, 3.8) is 0 Å². The predicted octanol–water partition coefficient (Wildman–Crippen LogP) is 3.91. The van der Waals surface area contributed by atoms with Crippen molar-refractivity contribution in [2.45, 2.75) is 0 Å². The molecule has 0 spiro atoms. The molecule has 1 aromatic carbocycles. The van der Waals surface area contributed by atoms with Crippen molar-refractivity contribution in [3.05, 3.63) is 36.7 Å². The second kappa shape index (κ2) is 7.40. The number of hydrogen-bond acceptors (Lipinski definition) is 7. The molecule has 2 heterocycles. The Balaban J connectivity index is 2.10. The summed E-state index contributed by atoms with van der Waals surface area (Å²) in [5, 5.41) is 0. The second-order valence-corrected chi connectivity index (χ2v) is 5.87. The summed E-state index contributed by atoms with van der Waals surface area (Å²) in [5.41, 5.74) is 2.87. The number of pyridine rings is 1. The van der Waals surface area contributed by atoms with Crippen molar-refractivity contribution < 1.29 is 18.9 Å². The summed E-state index contributed by atoms with van der Waals surface area (Å²) < 4.78 is 25.7. The quantitative estimate of drug-likeness (QED) is 0.666. The van der Waals surface area contributed by atoms with E-state index in [0.717, 1.165) is 21.6 Å². The van der Waals surface area contributed by atoms with Gasteiger partial charge in [-0.05, 0) is 29.7 Å². The van der Waals surface area contributed by atoms with Gasteiger partial charge in [-0.1, -0.05) is 0 Å². The average Bonchev–Trinajstić information content (AvgIpc) is 3.16. The van der Waals surface area contributed by atoms with Gasteiger partial charge in [0.1, 0.15) is 0 Å². The van der Waals surface area contributed by atoms with E-state index in [1.165, 1.54) is 11.5 Å². The first kappa shape index (κ1) is 17.0. The zero-order chi connectivity index (χ0) is 17.8. The van der Waals surface area contributed by atoms with Crippen LogP contribution in [0.1, 0.15) is 0 Å². The van der Waals surface area contributed by atoms with Gasteiger partial charge in [0, 0.05) is 35.2 Å². The van der Waals surface area contributed by atoms with Gasteiger partial charge in [0.05, 0.1) is 33.3 Å². The lowest BCUT2D eigenvalue weighted by Gasteiger charge is -2.14. The fraction of sp³-hybridized carbons (Fsp3) is 0.222. The first-order valence-electron chi connectivity index (χ1n) is 7.47. The van der Waals surface area contributed by atoms with Gasteiger partial charge in [-0.3, -0.25) is 0 Å². The molecule has 0 fully saturated rings. The van der Waals surface area contributed by atoms with Crippen molar-refractivity contribution in [2.75, 3.05) is 28.4 Å². The van der Waals surface area contributed by atoms with Gasteiger partial charge in [-0.2, -0.15) is 4.37 Å². The van der Waals surface area contributed by atoms with Gasteiger partial charge in [-0.25, -0.2) is 4.98 Å². The van der Waals surface area contributed by atoms with Gasteiger partial charge in [-0.15, -0.1) is 0 Å². The molecule has 130 valence electrons. The molecule has 0 amide bonds. The van der Waals surface area contributed by atoms with Gasteiger partial charge in [0.15, 0.2) is 11.5 Å². The third-order valence-corrected chi connectivity index (χ3v) is 4.60. The lowest BCUT2D eigenvalue weighted by atomic mass is 10.0. The van der Waals surface area contributed by atoms with Crippen molar-refractivity contribution in [1.82, 2.24) is 9.36 Å². The molecular weight excluding hydrogens is 340 g/mol. The Bertz CT molecular complexity index is 837. The van der Waals surface area contributed by atoms with E-state index in [4.69, 9.17) is 18.9 Å². The zero-order valence-corrected chi connectivity index (χ0v) is 15.2. The maximum absolute atomic E-state index is 5.44. The summed E-state index contributed by atoms with van der Waals surface area (Å²) in [6.45, 7) is 0. The van der Waals surface area contributed by atoms with Crippen molar-refractivity contribution >= 4 is 11.5 Å². The third-order valence-electron chi connectivity index (χ3n) is 3.75. The standard InChI is InChI=1S/C18H18N2O4S/c1-21-14-7-12(8-15(22-2)17(14)24-4)18-13(10-20-25-18)11-5-6-16(23-3)19-9-11/h5-10H,1-4H3. The Labute approximate surface area is 150 Å². The summed E-state index contributed by atoms with van der Waals surface area (Å²) in [5.74, 6) is 2.33. The van der Waals surface area contributed by atoms with E-state index < -0.39 is 0 Å². The van der Waals surface area contributed by atoms with E-state index in [9.17, 15) is 0 Å². The van der Waals surface area contributed by atoms with Crippen molar-refractivity contribution in [2.24, 2.45) is 0 Å². The van der Waals surface area contributed by atoms with E-state index in [1.807, 2.05) is 30.5 Å². The van der Waals surface area contributed by atoms with Crippen LogP contribution in [-0.2, 0) is 0 Å². The minimum atomic E-state index is 0.561. The summed E-state index contributed by atoms with van der Waals surface area (Å²) in [6, 6.07) is 7.60.